The predicted octanol–water partition coefficient (Wildman–Crippen LogP) is 1.73. The number of nitrogens with zero attached hydrogens (tertiary/aromatic N) is 2. The van der Waals surface area contributed by atoms with Crippen LogP contribution in [0.1, 0.15) is 12.8 Å². The van der Waals surface area contributed by atoms with Gasteiger partial charge in [-0.1, -0.05) is 0 Å². The molecule has 0 aromatic heterocycles. The Balaban J connectivity index is 2.35. The number of nitro benzene ring substituents is 1. The van der Waals surface area contributed by atoms with Crippen molar-refractivity contribution in [3.05, 3.63) is 32.8 Å². The summed E-state index contributed by atoms with van der Waals surface area (Å²) in [7, 11) is -1.85. The van der Waals surface area contributed by atoms with E-state index in [0.29, 0.717) is 13.1 Å². The highest BCUT2D eigenvalue weighted by molar-refractivity contribution is 9.10. The maximum atomic E-state index is 12.7. The van der Waals surface area contributed by atoms with Crippen molar-refractivity contribution in [1.82, 2.24) is 9.62 Å². The van der Waals surface area contributed by atoms with Crippen LogP contribution >= 0.6 is 15.9 Å². The van der Waals surface area contributed by atoms with E-state index in [0.717, 1.165) is 12.8 Å². The molecule has 0 radical (unpaired) electrons. The fraction of sp³-hybridized carbons (Fsp3) is 0.500. The summed E-state index contributed by atoms with van der Waals surface area (Å²) >= 11 is 3.06. The first-order valence-electron chi connectivity index (χ1n) is 6.48. The van der Waals surface area contributed by atoms with Crippen LogP contribution in [0.5, 0.6) is 0 Å². The number of hydrogen-bond acceptors (Lipinski definition) is 5. The van der Waals surface area contributed by atoms with Gasteiger partial charge in [0.1, 0.15) is 0 Å². The van der Waals surface area contributed by atoms with Gasteiger partial charge in [-0.15, -0.1) is 0 Å². The second-order valence-corrected chi connectivity index (χ2v) is 7.58. The van der Waals surface area contributed by atoms with Gasteiger partial charge >= 0.3 is 0 Å². The van der Waals surface area contributed by atoms with Crippen LogP contribution in [0.15, 0.2) is 27.6 Å². The van der Waals surface area contributed by atoms with Crippen LogP contribution < -0.4 is 5.32 Å². The molecule has 1 fully saturated rings. The second kappa shape index (κ2) is 6.39. The van der Waals surface area contributed by atoms with Crippen molar-refractivity contribution in [1.29, 1.82) is 0 Å². The number of rotatable bonds is 5. The molecule has 1 saturated heterocycles. The molecule has 1 aromatic carbocycles. The van der Waals surface area contributed by atoms with Gasteiger partial charge in [0.2, 0.25) is 10.0 Å². The van der Waals surface area contributed by atoms with E-state index in [2.05, 4.69) is 21.2 Å². The van der Waals surface area contributed by atoms with Crippen molar-refractivity contribution >= 4 is 31.6 Å². The Morgan fingerprint density at radius 2 is 2.24 bits per heavy atom. The predicted molar refractivity (Wildman–Crippen MR) is 81.6 cm³/mol. The number of benzene rings is 1. The minimum atomic E-state index is -3.63. The van der Waals surface area contributed by atoms with Crippen LogP contribution in [0.3, 0.4) is 0 Å². The van der Waals surface area contributed by atoms with Crippen LogP contribution in [-0.2, 0) is 10.0 Å². The summed E-state index contributed by atoms with van der Waals surface area (Å²) in [5.41, 5.74) is -0.151. The van der Waals surface area contributed by atoms with Gasteiger partial charge in [-0.2, -0.15) is 4.31 Å². The molecule has 9 heteroatoms. The van der Waals surface area contributed by atoms with Crippen LogP contribution in [0.4, 0.5) is 5.69 Å². The van der Waals surface area contributed by atoms with Gasteiger partial charge in [-0.05, 0) is 48.0 Å². The lowest BCUT2D eigenvalue weighted by Gasteiger charge is -2.23. The molecular weight excluding hydrogens is 362 g/mol. The van der Waals surface area contributed by atoms with Gasteiger partial charge in [0.05, 0.1) is 14.3 Å². The van der Waals surface area contributed by atoms with Gasteiger partial charge in [0.25, 0.3) is 5.69 Å². The standard InChI is InChI=1S/C12H16BrN3O4S/c1-14-8-9-3-2-6-15(9)21(19,20)10-4-5-12(16(17)18)11(13)7-10/h4-5,7,9,14H,2-3,6,8H2,1H3. The molecule has 7 nitrogen and oxygen atoms in total. The number of nitro groups is 1. The molecule has 0 bridgehead atoms. The zero-order valence-electron chi connectivity index (χ0n) is 11.5. The van der Waals surface area contributed by atoms with Gasteiger partial charge in [-0.3, -0.25) is 10.1 Å². The average Bonchev–Trinajstić information content (AvgIpc) is 2.87. The normalized spacial score (nSPS) is 19.8. The summed E-state index contributed by atoms with van der Waals surface area (Å²) in [5.74, 6) is 0. The van der Waals surface area contributed by atoms with Gasteiger partial charge in [0, 0.05) is 25.2 Å². The van der Waals surface area contributed by atoms with E-state index in [1.807, 2.05) is 0 Å². The molecule has 1 atom stereocenters. The van der Waals surface area contributed by atoms with Crippen molar-refractivity contribution in [2.45, 2.75) is 23.8 Å². The monoisotopic (exact) mass is 377 g/mol. The highest BCUT2D eigenvalue weighted by atomic mass is 79.9. The molecule has 1 heterocycles. The third-order valence-electron chi connectivity index (χ3n) is 3.49. The van der Waals surface area contributed by atoms with Crippen LogP contribution in [-0.4, -0.2) is 43.8 Å². The summed E-state index contributed by atoms with van der Waals surface area (Å²) in [6.07, 6.45) is 1.63. The summed E-state index contributed by atoms with van der Waals surface area (Å²) in [4.78, 5) is 10.3. The van der Waals surface area contributed by atoms with Crippen molar-refractivity contribution < 1.29 is 13.3 Å². The first-order chi connectivity index (χ1) is 9.87. The Bertz CT molecular complexity index is 650. The molecule has 0 spiro atoms. The topological polar surface area (TPSA) is 92.6 Å². The number of hydrogen-bond donors (Lipinski definition) is 1. The number of likely N-dealkylation sites (N-methyl/N-ethyl adjacent to an activating group) is 1. The minimum absolute atomic E-state index is 0.0722. The van der Waals surface area contributed by atoms with E-state index in [-0.39, 0.29) is 21.1 Å². The van der Waals surface area contributed by atoms with E-state index in [9.17, 15) is 18.5 Å². The lowest BCUT2D eigenvalue weighted by atomic mass is 10.2. The number of nitrogens with one attached hydrogen (secondary N) is 1. The van der Waals surface area contributed by atoms with Crippen molar-refractivity contribution in [3.8, 4) is 0 Å². The summed E-state index contributed by atoms with van der Waals surface area (Å²) in [5, 5.41) is 13.8. The second-order valence-electron chi connectivity index (χ2n) is 4.84. The lowest BCUT2D eigenvalue weighted by Crippen LogP contribution is -2.40. The molecule has 116 valence electrons. The number of sulfonamides is 1. The Hall–Kier alpha value is -1.03. The van der Waals surface area contributed by atoms with E-state index in [1.165, 1.54) is 22.5 Å². The van der Waals surface area contributed by atoms with E-state index >= 15 is 0 Å². The Morgan fingerprint density at radius 1 is 1.52 bits per heavy atom. The zero-order valence-corrected chi connectivity index (χ0v) is 13.9. The quantitative estimate of drug-likeness (QED) is 0.622. The maximum absolute atomic E-state index is 12.7. The highest BCUT2D eigenvalue weighted by Crippen LogP contribution is 2.31. The van der Waals surface area contributed by atoms with Crippen molar-refractivity contribution in [2.24, 2.45) is 0 Å². The Morgan fingerprint density at radius 3 is 2.81 bits per heavy atom. The molecule has 0 saturated carbocycles. The smallest absolute Gasteiger partial charge is 0.283 e. The van der Waals surface area contributed by atoms with E-state index in [1.54, 1.807) is 7.05 Å². The zero-order chi connectivity index (χ0) is 15.6. The van der Waals surface area contributed by atoms with Gasteiger partial charge in [0.15, 0.2) is 0 Å². The Kier molecular flexibility index (Phi) is 4.97. The third kappa shape index (κ3) is 3.25. The highest BCUT2D eigenvalue weighted by Gasteiger charge is 2.35. The van der Waals surface area contributed by atoms with E-state index < -0.39 is 14.9 Å². The fourth-order valence-electron chi connectivity index (χ4n) is 2.50. The molecule has 2 rings (SSSR count). The SMILES string of the molecule is CNCC1CCCN1S(=O)(=O)c1ccc([N+](=O)[O-])c(Br)c1. The van der Waals surface area contributed by atoms with E-state index in [4.69, 9.17) is 0 Å². The average molecular weight is 378 g/mol. The van der Waals surface area contributed by atoms with Crippen LogP contribution in [0, 0.1) is 10.1 Å². The van der Waals surface area contributed by atoms with Crippen molar-refractivity contribution in [2.75, 3.05) is 20.1 Å². The molecule has 1 aliphatic rings. The molecular formula is C12H16BrN3O4S. The van der Waals surface area contributed by atoms with Gasteiger partial charge in [-0.25, -0.2) is 8.42 Å². The molecule has 1 aliphatic heterocycles. The fourth-order valence-corrected chi connectivity index (χ4v) is 4.89. The molecule has 1 unspecified atom stereocenters. The third-order valence-corrected chi connectivity index (χ3v) is 6.07. The molecule has 0 aliphatic carbocycles. The molecule has 21 heavy (non-hydrogen) atoms. The summed E-state index contributed by atoms with van der Waals surface area (Å²) < 4.78 is 27.0. The summed E-state index contributed by atoms with van der Waals surface area (Å²) in [6, 6.07) is 3.71. The van der Waals surface area contributed by atoms with Crippen molar-refractivity contribution in [3.63, 3.8) is 0 Å². The molecule has 1 N–H and O–H groups in total. The lowest BCUT2D eigenvalue weighted by molar-refractivity contribution is -0.385. The van der Waals surface area contributed by atoms with Crippen LogP contribution in [0.2, 0.25) is 0 Å². The van der Waals surface area contributed by atoms with Crippen LogP contribution in [0.25, 0.3) is 0 Å². The first kappa shape index (κ1) is 16.3. The first-order valence-corrected chi connectivity index (χ1v) is 8.71. The molecule has 1 aromatic rings. The molecule has 0 amide bonds. The Labute approximate surface area is 131 Å². The minimum Gasteiger partial charge on any atom is -0.318 e. The number of halogens is 1. The maximum Gasteiger partial charge on any atom is 0.283 e. The van der Waals surface area contributed by atoms with Gasteiger partial charge < -0.3 is 5.32 Å². The largest absolute Gasteiger partial charge is 0.318 e. The summed E-state index contributed by atoms with van der Waals surface area (Å²) in [6.45, 7) is 1.07.